The summed E-state index contributed by atoms with van der Waals surface area (Å²) in [6, 6.07) is 2.70. The maximum absolute atomic E-state index is 11.9. The Hall–Kier alpha value is -2.15. The van der Waals surface area contributed by atoms with Crippen molar-refractivity contribution in [2.75, 3.05) is 4.90 Å². The number of nitrogens with one attached hydrogen (secondary N) is 1. The molecule has 1 aromatic rings. The first-order chi connectivity index (χ1) is 18.2. The molecular formula is C31H50N2O4S. The highest BCUT2D eigenvalue weighted by atomic mass is 32.1. The predicted octanol–water partition coefficient (Wildman–Crippen LogP) is 7.59. The SMILES string of the molecule is CC1CCC(C)CC1.Cc1sc(C2=CCCCC2)cc1N(C=O)C1CCC(NC(=O)C(C)C)CC1.O=CO. The molecule has 3 aliphatic carbocycles. The van der Waals surface area contributed by atoms with Crippen molar-refractivity contribution in [3.63, 3.8) is 0 Å². The van der Waals surface area contributed by atoms with E-state index >= 15 is 0 Å². The molecule has 0 atom stereocenters. The molecule has 0 spiro atoms. The smallest absolute Gasteiger partial charge is 0.290 e. The molecule has 214 valence electrons. The second kappa shape index (κ2) is 16.7. The van der Waals surface area contributed by atoms with E-state index in [1.54, 1.807) is 0 Å². The van der Waals surface area contributed by atoms with Crippen molar-refractivity contribution in [3.8, 4) is 0 Å². The lowest BCUT2D eigenvalue weighted by atomic mass is 9.84. The van der Waals surface area contributed by atoms with E-state index in [1.165, 1.54) is 60.3 Å². The molecule has 0 bridgehead atoms. The minimum atomic E-state index is -0.250. The number of amides is 2. The zero-order valence-electron chi connectivity index (χ0n) is 24.2. The standard InChI is InChI=1S/C22H32N2O2S.C8H16.CH2O2/c1-15(2)22(26)23-18-9-11-19(12-10-18)24(14-25)20-13-21(27-16(20)3)17-7-5-4-6-8-17;1-7-3-5-8(2)6-4-7;2-1-3/h7,13-15,18-19H,4-6,8-12H2,1-3H3,(H,23,26);7-8H,3-6H2,1-2H3;1H,(H,2,3). The van der Waals surface area contributed by atoms with Crippen molar-refractivity contribution in [2.24, 2.45) is 17.8 Å². The fraction of sp³-hybridized carbons (Fsp3) is 0.710. The van der Waals surface area contributed by atoms with Crippen LogP contribution >= 0.6 is 11.3 Å². The highest BCUT2D eigenvalue weighted by molar-refractivity contribution is 7.13. The second-order valence-electron chi connectivity index (χ2n) is 11.7. The average Bonchev–Trinajstić information content (AvgIpc) is 3.30. The van der Waals surface area contributed by atoms with Gasteiger partial charge in [-0.25, -0.2) is 0 Å². The van der Waals surface area contributed by atoms with E-state index in [0.29, 0.717) is 0 Å². The fourth-order valence-corrected chi connectivity index (χ4v) is 6.67. The first-order valence-corrected chi connectivity index (χ1v) is 15.4. The van der Waals surface area contributed by atoms with Gasteiger partial charge in [0.15, 0.2) is 0 Å². The Morgan fingerprint density at radius 1 is 1.03 bits per heavy atom. The summed E-state index contributed by atoms with van der Waals surface area (Å²) in [4.78, 5) is 36.7. The molecule has 0 unspecified atom stereocenters. The minimum Gasteiger partial charge on any atom is -0.483 e. The summed E-state index contributed by atoms with van der Waals surface area (Å²) in [7, 11) is 0. The first kappa shape index (κ1) is 32.1. The molecule has 1 aromatic heterocycles. The third kappa shape index (κ3) is 10.2. The number of allylic oxidation sites excluding steroid dienone is 2. The number of rotatable bonds is 6. The van der Waals surface area contributed by atoms with Crippen LogP contribution in [0.2, 0.25) is 0 Å². The van der Waals surface area contributed by atoms with Crippen LogP contribution in [0.3, 0.4) is 0 Å². The molecule has 1 heterocycles. The van der Waals surface area contributed by atoms with Gasteiger partial charge in [0.1, 0.15) is 0 Å². The number of carbonyl (C=O) groups is 3. The van der Waals surface area contributed by atoms with Crippen LogP contribution in [0.5, 0.6) is 0 Å². The van der Waals surface area contributed by atoms with Crippen molar-refractivity contribution in [2.45, 2.75) is 124 Å². The molecule has 4 rings (SSSR count). The van der Waals surface area contributed by atoms with Gasteiger partial charge < -0.3 is 15.3 Å². The molecule has 0 aromatic carbocycles. The molecule has 2 N–H and O–H groups in total. The lowest BCUT2D eigenvalue weighted by Crippen LogP contribution is -2.44. The zero-order chi connectivity index (χ0) is 28.1. The van der Waals surface area contributed by atoms with Crippen molar-refractivity contribution in [1.82, 2.24) is 5.32 Å². The van der Waals surface area contributed by atoms with Gasteiger partial charge in [0.05, 0.1) is 5.69 Å². The largest absolute Gasteiger partial charge is 0.483 e. The van der Waals surface area contributed by atoms with Crippen LogP contribution in [0.15, 0.2) is 12.1 Å². The summed E-state index contributed by atoms with van der Waals surface area (Å²) in [5.41, 5.74) is 2.53. The van der Waals surface area contributed by atoms with E-state index in [1.807, 2.05) is 30.1 Å². The third-order valence-electron chi connectivity index (χ3n) is 8.16. The Morgan fingerprint density at radius 2 is 1.61 bits per heavy atom. The highest BCUT2D eigenvalue weighted by Crippen LogP contribution is 2.39. The Kier molecular flexibility index (Phi) is 14.1. The number of carbonyl (C=O) groups excluding carboxylic acids is 2. The van der Waals surface area contributed by atoms with Crippen LogP contribution in [-0.2, 0) is 14.4 Å². The summed E-state index contributed by atoms with van der Waals surface area (Å²) in [6.07, 6.45) is 17.9. The molecule has 3 aliphatic rings. The lowest BCUT2D eigenvalue weighted by Gasteiger charge is -2.35. The van der Waals surface area contributed by atoms with Crippen LogP contribution in [0.4, 0.5) is 5.69 Å². The quantitative estimate of drug-likeness (QED) is 0.360. The van der Waals surface area contributed by atoms with Crippen LogP contribution in [-0.4, -0.2) is 36.0 Å². The average molecular weight is 547 g/mol. The van der Waals surface area contributed by atoms with E-state index in [9.17, 15) is 9.59 Å². The van der Waals surface area contributed by atoms with Gasteiger partial charge in [-0.2, -0.15) is 0 Å². The molecule has 0 radical (unpaired) electrons. The number of carboxylic acid groups (broad SMARTS) is 1. The molecule has 6 nitrogen and oxygen atoms in total. The number of aryl methyl sites for hydroxylation is 1. The maximum Gasteiger partial charge on any atom is 0.290 e. The number of anilines is 1. The van der Waals surface area contributed by atoms with Gasteiger partial charge in [-0.15, -0.1) is 11.3 Å². The monoisotopic (exact) mass is 546 g/mol. The van der Waals surface area contributed by atoms with Crippen LogP contribution < -0.4 is 10.2 Å². The van der Waals surface area contributed by atoms with Gasteiger partial charge in [-0.3, -0.25) is 14.4 Å². The Bertz CT molecular complexity index is 884. The van der Waals surface area contributed by atoms with Gasteiger partial charge in [0, 0.05) is 27.8 Å². The number of hydrogen-bond acceptors (Lipinski definition) is 4. The summed E-state index contributed by atoms with van der Waals surface area (Å²) < 4.78 is 0. The molecule has 2 amide bonds. The topological polar surface area (TPSA) is 86.7 Å². The molecule has 2 fully saturated rings. The van der Waals surface area contributed by atoms with E-state index in [0.717, 1.165) is 56.0 Å². The Morgan fingerprint density at radius 3 is 2.08 bits per heavy atom. The fourth-order valence-electron chi connectivity index (χ4n) is 5.58. The second-order valence-corrected chi connectivity index (χ2v) is 12.9. The van der Waals surface area contributed by atoms with Crippen LogP contribution in [0, 0.1) is 24.7 Å². The highest BCUT2D eigenvalue weighted by Gasteiger charge is 2.29. The lowest BCUT2D eigenvalue weighted by molar-refractivity contribution is -0.125. The van der Waals surface area contributed by atoms with Crippen LogP contribution in [0.1, 0.15) is 114 Å². The van der Waals surface area contributed by atoms with Crippen molar-refractivity contribution in [3.05, 3.63) is 21.9 Å². The summed E-state index contributed by atoms with van der Waals surface area (Å²) in [5, 5.41) is 10.0. The van der Waals surface area contributed by atoms with Gasteiger partial charge in [0.2, 0.25) is 12.3 Å². The molecule has 7 heteroatoms. The number of thiophene rings is 1. The summed E-state index contributed by atoms with van der Waals surface area (Å²) >= 11 is 1.81. The predicted molar refractivity (Wildman–Crippen MR) is 159 cm³/mol. The Balaban J connectivity index is 0.000000385. The van der Waals surface area contributed by atoms with Gasteiger partial charge in [-0.05, 0) is 81.8 Å². The first-order valence-electron chi connectivity index (χ1n) is 14.6. The molecule has 0 aliphatic heterocycles. The molecule has 2 saturated carbocycles. The van der Waals surface area contributed by atoms with E-state index in [2.05, 4.69) is 38.2 Å². The minimum absolute atomic E-state index is 0.0233. The van der Waals surface area contributed by atoms with Crippen molar-refractivity contribution in [1.29, 1.82) is 0 Å². The van der Waals surface area contributed by atoms with Gasteiger partial charge >= 0.3 is 0 Å². The van der Waals surface area contributed by atoms with Crippen LogP contribution in [0.25, 0.3) is 5.57 Å². The third-order valence-corrected chi connectivity index (χ3v) is 9.27. The van der Waals surface area contributed by atoms with Crippen molar-refractivity contribution >= 4 is 41.4 Å². The maximum atomic E-state index is 11.9. The van der Waals surface area contributed by atoms with E-state index < -0.39 is 0 Å². The Labute approximate surface area is 234 Å². The summed E-state index contributed by atoms with van der Waals surface area (Å²) in [6.45, 7) is 10.5. The zero-order valence-corrected chi connectivity index (χ0v) is 25.0. The molecule has 0 saturated heterocycles. The van der Waals surface area contributed by atoms with Gasteiger partial charge in [0.25, 0.3) is 6.47 Å². The van der Waals surface area contributed by atoms with E-state index in [4.69, 9.17) is 9.90 Å². The normalized spacial score (nSPS) is 25.1. The molecule has 38 heavy (non-hydrogen) atoms. The van der Waals surface area contributed by atoms with Gasteiger partial charge in [-0.1, -0.05) is 59.5 Å². The molecular weight excluding hydrogens is 496 g/mol. The summed E-state index contributed by atoms with van der Waals surface area (Å²) in [5.74, 6) is 2.19. The number of nitrogens with zero attached hydrogens (tertiary/aromatic N) is 1. The van der Waals surface area contributed by atoms with Crippen molar-refractivity contribution < 1.29 is 19.5 Å². The number of hydrogen-bond donors (Lipinski definition) is 2. The van der Waals surface area contributed by atoms with E-state index in [-0.39, 0.29) is 30.4 Å².